The first-order valence-electron chi connectivity index (χ1n) is 6.99. The maximum absolute atomic E-state index is 12.2. The molecule has 1 saturated carbocycles. The molecular formula is C14H18Cl2N2O3S. The highest BCUT2D eigenvalue weighted by Gasteiger charge is 2.31. The zero-order valence-corrected chi connectivity index (χ0v) is 14.5. The number of para-hydroxylation sites is 1. The monoisotopic (exact) mass is 364 g/mol. The molecule has 2 rings (SSSR count). The molecular weight excluding hydrogens is 347 g/mol. The molecule has 1 N–H and O–H groups in total. The summed E-state index contributed by atoms with van der Waals surface area (Å²) in [4.78, 5) is 12.2. The van der Waals surface area contributed by atoms with E-state index in [1.165, 1.54) is 4.31 Å². The highest BCUT2D eigenvalue weighted by Crippen LogP contribution is 2.30. The van der Waals surface area contributed by atoms with Gasteiger partial charge in [0.05, 0.1) is 28.5 Å². The highest BCUT2D eigenvalue weighted by molar-refractivity contribution is 7.88. The third-order valence-electron chi connectivity index (χ3n) is 3.68. The van der Waals surface area contributed by atoms with Crippen molar-refractivity contribution in [3.8, 4) is 0 Å². The Morgan fingerprint density at radius 1 is 1.27 bits per heavy atom. The molecule has 0 atom stereocenters. The first kappa shape index (κ1) is 17.5. The Morgan fingerprint density at radius 3 is 2.32 bits per heavy atom. The van der Waals surface area contributed by atoms with Gasteiger partial charge in [-0.25, -0.2) is 8.42 Å². The van der Waals surface area contributed by atoms with Crippen molar-refractivity contribution in [2.45, 2.75) is 31.7 Å². The van der Waals surface area contributed by atoms with Crippen LogP contribution in [0.3, 0.4) is 0 Å². The van der Waals surface area contributed by atoms with Gasteiger partial charge in [0.25, 0.3) is 0 Å². The summed E-state index contributed by atoms with van der Waals surface area (Å²) >= 11 is 12.0. The van der Waals surface area contributed by atoms with Gasteiger partial charge in [0.15, 0.2) is 0 Å². The van der Waals surface area contributed by atoms with Crippen LogP contribution in [0, 0.1) is 0 Å². The molecule has 0 bridgehead atoms. The third-order valence-corrected chi connectivity index (χ3v) is 5.59. The molecule has 0 radical (unpaired) electrons. The second kappa shape index (κ2) is 7.17. The predicted molar refractivity (Wildman–Crippen MR) is 88.9 cm³/mol. The van der Waals surface area contributed by atoms with Crippen LogP contribution in [-0.2, 0) is 14.8 Å². The molecule has 0 saturated heterocycles. The Labute approximate surface area is 140 Å². The van der Waals surface area contributed by atoms with Crippen LogP contribution in [0.4, 0.5) is 5.69 Å². The summed E-state index contributed by atoms with van der Waals surface area (Å²) in [5.41, 5.74) is 0.302. The third kappa shape index (κ3) is 4.35. The summed E-state index contributed by atoms with van der Waals surface area (Å²) in [5, 5.41) is 3.22. The summed E-state index contributed by atoms with van der Waals surface area (Å²) in [6, 6.07) is 4.77. The van der Waals surface area contributed by atoms with Crippen LogP contribution in [0.25, 0.3) is 0 Å². The molecule has 1 aromatic carbocycles. The van der Waals surface area contributed by atoms with E-state index >= 15 is 0 Å². The lowest BCUT2D eigenvalue weighted by atomic mass is 10.2. The number of anilines is 1. The second-order valence-corrected chi connectivity index (χ2v) is 8.14. The van der Waals surface area contributed by atoms with Crippen LogP contribution in [0.2, 0.25) is 10.0 Å². The van der Waals surface area contributed by atoms with E-state index in [9.17, 15) is 13.2 Å². The van der Waals surface area contributed by atoms with E-state index < -0.39 is 15.9 Å². The molecule has 0 spiro atoms. The first-order valence-corrected chi connectivity index (χ1v) is 9.60. The van der Waals surface area contributed by atoms with Gasteiger partial charge < -0.3 is 5.32 Å². The summed E-state index contributed by atoms with van der Waals surface area (Å²) in [6.07, 6.45) is 4.66. The predicted octanol–water partition coefficient (Wildman–Crippen LogP) is 3.14. The van der Waals surface area contributed by atoms with E-state index in [1.807, 2.05) is 0 Å². The molecule has 22 heavy (non-hydrogen) atoms. The van der Waals surface area contributed by atoms with Crippen molar-refractivity contribution in [2.24, 2.45) is 0 Å². The van der Waals surface area contributed by atoms with Gasteiger partial charge in [-0.3, -0.25) is 4.79 Å². The molecule has 0 heterocycles. The zero-order valence-electron chi connectivity index (χ0n) is 12.2. The molecule has 1 aromatic rings. The molecule has 0 unspecified atom stereocenters. The van der Waals surface area contributed by atoms with Crippen molar-refractivity contribution >= 4 is 44.8 Å². The maximum Gasteiger partial charge on any atom is 0.239 e. The number of nitrogens with one attached hydrogen (secondary N) is 1. The topological polar surface area (TPSA) is 66.5 Å². The highest BCUT2D eigenvalue weighted by atomic mass is 35.5. The lowest BCUT2D eigenvalue weighted by Gasteiger charge is -2.25. The van der Waals surface area contributed by atoms with Crippen molar-refractivity contribution < 1.29 is 13.2 Å². The van der Waals surface area contributed by atoms with Crippen LogP contribution < -0.4 is 5.32 Å². The number of sulfonamides is 1. The fraction of sp³-hybridized carbons (Fsp3) is 0.500. The van der Waals surface area contributed by atoms with E-state index in [0.29, 0.717) is 15.7 Å². The minimum absolute atomic E-state index is 0.109. The Kier molecular flexibility index (Phi) is 5.71. The van der Waals surface area contributed by atoms with Crippen LogP contribution in [-0.4, -0.2) is 37.5 Å². The number of amides is 1. The number of hydrogen-bond donors (Lipinski definition) is 1. The van der Waals surface area contributed by atoms with Crippen molar-refractivity contribution in [1.82, 2.24) is 4.31 Å². The van der Waals surface area contributed by atoms with Gasteiger partial charge in [0.1, 0.15) is 0 Å². The van der Waals surface area contributed by atoms with E-state index in [2.05, 4.69) is 5.32 Å². The average molecular weight is 365 g/mol. The lowest BCUT2D eigenvalue weighted by Crippen LogP contribution is -2.43. The number of carbonyl (C=O) groups is 1. The summed E-state index contributed by atoms with van der Waals surface area (Å²) < 4.78 is 25.1. The molecule has 1 fully saturated rings. The van der Waals surface area contributed by atoms with Crippen LogP contribution in [0.5, 0.6) is 0 Å². The lowest BCUT2D eigenvalue weighted by molar-refractivity contribution is -0.116. The minimum atomic E-state index is -3.45. The largest absolute Gasteiger partial charge is 0.322 e. The summed E-state index contributed by atoms with van der Waals surface area (Å²) in [7, 11) is -3.45. The molecule has 5 nitrogen and oxygen atoms in total. The van der Waals surface area contributed by atoms with Gasteiger partial charge in [-0.15, -0.1) is 0 Å². The summed E-state index contributed by atoms with van der Waals surface area (Å²) in [5.74, 6) is -0.452. The molecule has 8 heteroatoms. The molecule has 122 valence electrons. The van der Waals surface area contributed by atoms with E-state index in [4.69, 9.17) is 23.2 Å². The van der Waals surface area contributed by atoms with E-state index in [1.54, 1.807) is 18.2 Å². The molecule has 0 aliphatic heterocycles. The van der Waals surface area contributed by atoms with Gasteiger partial charge in [-0.1, -0.05) is 42.1 Å². The quantitative estimate of drug-likeness (QED) is 0.872. The van der Waals surface area contributed by atoms with Crippen LogP contribution in [0.1, 0.15) is 25.7 Å². The fourth-order valence-corrected chi connectivity index (χ4v) is 4.24. The number of hydrogen-bond acceptors (Lipinski definition) is 3. The van der Waals surface area contributed by atoms with Gasteiger partial charge in [0, 0.05) is 6.04 Å². The Bertz CT molecular complexity index is 638. The molecule has 1 aliphatic carbocycles. The second-order valence-electron chi connectivity index (χ2n) is 5.39. The number of halogens is 2. The Balaban J connectivity index is 2.11. The molecule has 1 amide bonds. The van der Waals surface area contributed by atoms with Crippen molar-refractivity contribution in [3.63, 3.8) is 0 Å². The fourth-order valence-electron chi connectivity index (χ4n) is 2.65. The van der Waals surface area contributed by atoms with Crippen LogP contribution in [0.15, 0.2) is 18.2 Å². The number of nitrogens with zero attached hydrogens (tertiary/aromatic N) is 1. The zero-order chi connectivity index (χ0) is 16.3. The van der Waals surface area contributed by atoms with Crippen LogP contribution >= 0.6 is 23.2 Å². The van der Waals surface area contributed by atoms with Crippen molar-refractivity contribution in [1.29, 1.82) is 0 Å². The first-order chi connectivity index (χ1) is 10.3. The van der Waals surface area contributed by atoms with Gasteiger partial charge in [-0.2, -0.15) is 4.31 Å². The number of rotatable bonds is 5. The average Bonchev–Trinajstić information content (AvgIpc) is 2.93. The number of carbonyl (C=O) groups excluding carboxylic acids is 1. The van der Waals surface area contributed by atoms with Crippen molar-refractivity contribution in [3.05, 3.63) is 28.2 Å². The maximum atomic E-state index is 12.2. The summed E-state index contributed by atoms with van der Waals surface area (Å²) in [6.45, 7) is -0.231. The van der Waals surface area contributed by atoms with Gasteiger partial charge in [0.2, 0.25) is 15.9 Å². The minimum Gasteiger partial charge on any atom is -0.322 e. The molecule has 0 aromatic heterocycles. The van der Waals surface area contributed by atoms with Crippen molar-refractivity contribution in [2.75, 3.05) is 18.1 Å². The smallest absolute Gasteiger partial charge is 0.239 e. The Morgan fingerprint density at radius 2 is 1.82 bits per heavy atom. The standard InChI is InChI=1S/C14H18Cl2N2O3S/c1-22(20,21)18(10-5-2-3-6-10)9-13(19)17-14-11(15)7-4-8-12(14)16/h4,7-8,10H,2-3,5-6,9H2,1H3,(H,17,19). The molecule has 1 aliphatic rings. The SMILES string of the molecule is CS(=O)(=O)N(CC(=O)Nc1c(Cl)cccc1Cl)C1CCCC1. The normalized spacial score (nSPS) is 16.2. The van der Waals surface area contributed by atoms with E-state index in [-0.39, 0.29) is 12.6 Å². The number of benzene rings is 1. The van der Waals surface area contributed by atoms with E-state index in [0.717, 1.165) is 31.9 Å². The van der Waals surface area contributed by atoms with Gasteiger partial charge in [-0.05, 0) is 25.0 Å². The van der Waals surface area contributed by atoms with Gasteiger partial charge >= 0.3 is 0 Å². The Hall–Kier alpha value is -0.820.